The van der Waals surface area contributed by atoms with Crippen LogP contribution in [0.3, 0.4) is 0 Å². The molecular formula is C13H17N3S2. The van der Waals surface area contributed by atoms with Crippen LogP contribution in [0.4, 0.5) is 0 Å². The SMILES string of the molecule is Cc1ccc(Sc2nncs2)c(CNC(C)C)c1. The number of aromatic nitrogens is 2. The van der Waals surface area contributed by atoms with Crippen LogP contribution < -0.4 is 5.32 Å². The molecule has 0 spiro atoms. The predicted octanol–water partition coefficient (Wildman–Crippen LogP) is 3.50. The lowest BCUT2D eigenvalue weighted by Crippen LogP contribution is -2.22. The van der Waals surface area contributed by atoms with Crippen molar-refractivity contribution in [2.45, 2.75) is 42.6 Å². The molecule has 0 amide bonds. The fourth-order valence-corrected chi connectivity index (χ4v) is 3.11. The highest BCUT2D eigenvalue weighted by Crippen LogP contribution is 2.31. The zero-order valence-electron chi connectivity index (χ0n) is 10.8. The van der Waals surface area contributed by atoms with Crippen LogP contribution in [0.15, 0.2) is 32.9 Å². The summed E-state index contributed by atoms with van der Waals surface area (Å²) in [6.45, 7) is 7.33. The third kappa shape index (κ3) is 3.80. The Morgan fingerprint density at radius 1 is 1.39 bits per heavy atom. The molecule has 0 aliphatic carbocycles. The van der Waals surface area contributed by atoms with Crippen LogP contribution in [0.1, 0.15) is 25.0 Å². The van der Waals surface area contributed by atoms with Gasteiger partial charge < -0.3 is 5.32 Å². The number of hydrogen-bond acceptors (Lipinski definition) is 5. The van der Waals surface area contributed by atoms with Crippen molar-refractivity contribution < 1.29 is 0 Å². The highest BCUT2D eigenvalue weighted by molar-refractivity contribution is 8.01. The number of nitrogens with one attached hydrogen (secondary N) is 1. The Morgan fingerprint density at radius 3 is 2.89 bits per heavy atom. The van der Waals surface area contributed by atoms with E-state index in [0.29, 0.717) is 6.04 Å². The predicted molar refractivity (Wildman–Crippen MR) is 77.2 cm³/mol. The summed E-state index contributed by atoms with van der Waals surface area (Å²) in [5.74, 6) is 0. The van der Waals surface area contributed by atoms with Gasteiger partial charge in [0.05, 0.1) is 0 Å². The second kappa shape index (κ2) is 6.31. The molecule has 0 saturated carbocycles. The van der Waals surface area contributed by atoms with Crippen molar-refractivity contribution >= 4 is 23.1 Å². The van der Waals surface area contributed by atoms with Crippen molar-refractivity contribution in [1.82, 2.24) is 15.5 Å². The van der Waals surface area contributed by atoms with E-state index in [1.165, 1.54) is 16.0 Å². The summed E-state index contributed by atoms with van der Waals surface area (Å²) in [6.07, 6.45) is 0. The van der Waals surface area contributed by atoms with E-state index in [4.69, 9.17) is 0 Å². The molecule has 0 bridgehead atoms. The molecule has 0 aliphatic heterocycles. The van der Waals surface area contributed by atoms with Gasteiger partial charge in [0.1, 0.15) is 5.51 Å². The van der Waals surface area contributed by atoms with Gasteiger partial charge in [-0.3, -0.25) is 0 Å². The number of nitrogens with zero attached hydrogens (tertiary/aromatic N) is 2. The third-order valence-corrected chi connectivity index (χ3v) is 4.35. The normalized spacial score (nSPS) is 11.1. The molecule has 1 heterocycles. The molecule has 3 nitrogen and oxygen atoms in total. The molecular weight excluding hydrogens is 262 g/mol. The van der Waals surface area contributed by atoms with Gasteiger partial charge in [-0.15, -0.1) is 10.2 Å². The lowest BCUT2D eigenvalue weighted by atomic mass is 10.1. The molecule has 0 radical (unpaired) electrons. The van der Waals surface area contributed by atoms with Gasteiger partial charge in [-0.25, -0.2) is 0 Å². The van der Waals surface area contributed by atoms with Crippen LogP contribution in [-0.2, 0) is 6.54 Å². The zero-order chi connectivity index (χ0) is 13.0. The van der Waals surface area contributed by atoms with Crippen molar-refractivity contribution in [2.75, 3.05) is 0 Å². The Balaban J connectivity index is 2.17. The largest absolute Gasteiger partial charge is 0.310 e. The molecule has 96 valence electrons. The Kier molecular flexibility index (Phi) is 4.74. The van der Waals surface area contributed by atoms with Crippen LogP contribution in [0, 0.1) is 6.92 Å². The topological polar surface area (TPSA) is 37.8 Å². The molecule has 5 heteroatoms. The Labute approximate surface area is 116 Å². The average Bonchev–Trinajstić information content (AvgIpc) is 2.82. The maximum atomic E-state index is 4.08. The van der Waals surface area contributed by atoms with Crippen molar-refractivity contribution in [2.24, 2.45) is 0 Å². The lowest BCUT2D eigenvalue weighted by molar-refractivity contribution is 0.584. The highest BCUT2D eigenvalue weighted by Gasteiger charge is 2.07. The number of hydrogen-bond donors (Lipinski definition) is 1. The molecule has 0 fully saturated rings. The van der Waals surface area contributed by atoms with Gasteiger partial charge >= 0.3 is 0 Å². The lowest BCUT2D eigenvalue weighted by Gasteiger charge is -2.12. The smallest absolute Gasteiger partial charge is 0.178 e. The maximum absolute atomic E-state index is 4.08. The summed E-state index contributed by atoms with van der Waals surface area (Å²) in [5.41, 5.74) is 4.38. The first kappa shape index (κ1) is 13.5. The van der Waals surface area contributed by atoms with Gasteiger partial charge in [0.2, 0.25) is 0 Å². The number of aryl methyl sites for hydroxylation is 1. The molecule has 2 aromatic rings. The van der Waals surface area contributed by atoms with Crippen molar-refractivity contribution in [3.8, 4) is 0 Å². The third-order valence-electron chi connectivity index (χ3n) is 2.45. The van der Waals surface area contributed by atoms with Gasteiger partial charge in [-0.05, 0) is 18.6 Å². The van der Waals surface area contributed by atoms with Gasteiger partial charge in [-0.1, -0.05) is 54.6 Å². The Hall–Kier alpha value is -0.910. The minimum Gasteiger partial charge on any atom is -0.310 e. The van der Waals surface area contributed by atoms with E-state index in [1.807, 2.05) is 0 Å². The van der Waals surface area contributed by atoms with Crippen LogP contribution in [-0.4, -0.2) is 16.2 Å². The van der Waals surface area contributed by atoms with E-state index < -0.39 is 0 Å². The van der Waals surface area contributed by atoms with Crippen molar-refractivity contribution in [1.29, 1.82) is 0 Å². The summed E-state index contributed by atoms with van der Waals surface area (Å²) < 4.78 is 0.990. The van der Waals surface area contributed by atoms with Crippen molar-refractivity contribution in [3.63, 3.8) is 0 Å². The van der Waals surface area contributed by atoms with Crippen LogP contribution >= 0.6 is 23.1 Å². The summed E-state index contributed by atoms with van der Waals surface area (Å²) in [7, 11) is 0. The molecule has 0 aliphatic rings. The summed E-state index contributed by atoms with van der Waals surface area (Å²) >= 11 is 3.26. The molecule has 1 aromatic carbocycles. The molecule has 0 saturated heterocycles. The molecule has 0 atom stereocenters. The Morgan fingerprint density at radius 2 is 2.22 bits per heavy atom. The van der Waals surface area contributed by atoms with Crippen LogP contribution in [0.2, 0.25) is 0 Å². The minimum atomic E-state index is 0.491. The average molecular weight is 279 g/mol. The zero-order valence-corrected chi connectivity index (χ0v) is 12.4. The van der Waals surface area contributed by atoms with E-state index in [2.05, 4.69) is 54.5 Å². The molecule has 1 aromatic heterocycles. The van der Waals surface area contributed by atoms with Crippen molar-refractivity contribution in [3.05, 3.63) is 34.8 Å². The standard InChI is InChI=1S/C13H17N3S2/c1-9(2)14-7-11-6-10(3)4-5-12(11)18-13-16-15-8-17-13/h4-6,8-9,14H,7H2,1-3H3. The van der Waals surface area contributed by atoms with E-state index in [0.717, 1.165) is 10.9 Å². The van der Waals surface area contributed by atoms with Crippen LogP contribution in [0.25, 0.3) is 0 Å². The summed E-state index contributed by atoms with van der Waals surface area (Å²) in [5, 5.41) is 11.4. The molecule has 18 heavy (non-hydrogen) atoms. The quantitative estimate of drug-likeness (QED) is 0.909. The second-order valence-electron chi connectivity index (χ2n) is 4.45. The maximum Gasteiger partial charge on any atom is 0.178 e. The Bertz CT molecular complexity index is 495. The van der Waals surface area contributed by atoms with E-state index in [9.17, 15) is 0 Å². The van der Waals surface area contributed by atoms with E-state index in [-0.39, 0.29) is 0 Å². The van der Waals surface area contributed by atoms with E-state index >= 15 is 0 Å². The van der Waals surface area contributed by atoms with Crippen LogP contribution in [0.5, 0.6) is 0 Å². The van der Waals surface area contributed by atoms with Gasteiger partial charge in [0, 0.05) is 17.5 Å². The fourth-order valence-electron chi connectivity index (χ4n) is 1.56. The highest BCUT2D eigenvalue weighted by atomic mass is 32.2. The van der Waals surface area contributed by atoms with Gasteiger partial charge in [0.25, 0.3) is 0 Å². The number of rotatable bonds is 5. The molecule has 1 N–H and O–H groups in total. The second-order valence-corrected chi connectivity index (χ2v) is 6.58. The summed E-state index contributed by atoms with van der Waals surface area (Å²) in [4.78, 5) is 1.26. The summed E-state index contributed by atoms with van der Waals surface area (Å²) in [6, 6.07) is 7.03. The monoisotopic (exact) mass is 279 g/mol. The first-order valence-corrected chi connectivity index (χ1v) is 7.61. The first-order chi connectivity index (χ1) is 8.65. The van der Waals surface area contributed by atoms with E-state index in [1.54, 1.807) is 28.6 Å². The fraction of sp³-hybridized carbons (Fsp3) is 0.385. The minimum absolute atomic E-state index is 0.491. The molecule has 0 unspecified atom stereocenters. The first-order valence-electron chi connectivity index (χ1n) is 5.92. The number of benzene rings is 1. The van der Waals surface area contributed by atoms with Gasteiger partial charge in [0.15, 0.2) is 4.34 Å². The molecule has 2 rings (SSSR count). The van der Waals surface area contributed by atoms with Gasteiger partial charge in [-0.2, -0.15) is 0 Å².